The van der Waals surface area contributed by atoms with Crippen LogP contribution in [0.3, 0.4) is 0 Å². The largest absolute Gasteiger partial charge is 0.348 e. The van der Waals surface area contributed by atoms with Gasteiger partial charge in [-0.1, -0.05) is 48.5 Å². The molecule has 1 aliphatic rings. The molecule has 0 unspecified atom stereocenters. The first kappa shape index (κ1) is 19.0. The molecule has 5 rings (SSSR count). The van der Waals surface area contributed by atoms with Crippen LogP contribution in [0, 0.1) is 13.8 Å². The number of aryl methyl sites for hydroxylation is 1. The zero-order valence-corrected chi connectivity index (χ0v) is 17.3. The van der Waals surface area contributed by atoms with Crippen molar-refractivity contribution < 1.29 is 9.59 Å². The second-order valence-corrected chi connectivity index (χ2v) is 7.71. The van der Waals surface area contributed by atoms with Gasteiger partial charge < -0.3 is 5.32 Å². The molecule has 0 saturated carbocycles. The van der Waals surface area contributed by atoms with Crippen molar-refractivity contribution in [3.8, 4) is 16.8 Å². The molecule has 0 atom stereocenters. The van der Waals surface area contributed by atoms with Crippen LogP contribution in [0.15, 0.2) is 72.8 Å². The normalized spacial score (nSPS) is 11.9. The molecule has 1 aromatic heterocycles. The molecule has 0 fully saturated rings. The molecule has 31 heavy (non-hydrogen) atoms. The highest BCUT2D eigenvalue weighted by molar-refractivity contribution is 6.22. The number of amides is 1. The predicted molar refractivity (Wildman–Crippen MR) is 120 cm³/mol. The maximum atomic E-state index is 12.8. The number of hydrogen-bond acceptors (Lipinski definition) is 3. The van der Waals surface area contributed by atoms with Crippen molar-refractivity contribution in [3.05, 3.63) is 106 Å². The summed E-state index contributed by atoms with van der Waals surface area (Å²) in [5, 5.41) is 7.62. The summed E-state index contributed by atoms with van der Waals surface area (Å²) in [4.78, 5) is 25.6. The molecule has 1 aliphatic carbocycles. The lowest BCUT2D eigenvalue weighted by atomic mass is 10.0. The number of carbonyl (C=O) groups excluding carboxylic acids is 2. The van der Waals surface area contributed by atoms with Crippen molar-refractivity contribution in [2.45, 2.75) is 20.4 Å². The van der Waals surface area contributed by atoms with Crippen LogP contribution in [0.5, 0.6) is 0 Å². The standard InChI is InChI=1S/C26H21N3O2/c1-16-24(17(2)29(28-16)19-8-4-3-5-9-19)15-27-26(31)18-12-13-21-20-10-6-7-11-22(20)25(30)23(21)14-18/h3-14H,15H2,1-2H3,(H,27,31). The molecule has 0 aliphatic heterocycles. The van der Waals surface area contributed by atoms with Gasteiger partial charge in [0.05, 0.1) is 11.4 Å². The van der Waals surface area contributed by atoms with Gasteiger partial charge in [0.15, 0.2) is 5.78 Å². The van der Waals surface area contributed by atoms with Gasteiger partial charge in [0.2, 0.25) is 0 Å². The molecular weight excluding hydrogens is 386 g/mol. The van der Waals surface area contributed by atoms with Gasteiger partial charge in [-0.25, -0.2) is 4.68 Å². The Kier molecular flexibility index (Phi) is 4.51. The third kappa shape index (κ3) is 3.15. The number of para-hydroxylation sites is 1. The van der Waals surface area contributed by atoms with Crippen molar-refractivity contribution in [3.63, 3.8) is 0 Å². The van der Waals surface area contributed by atoms with E-state index in [2.05, 4.69) is 10.4 Å². The molecule has 1 amide bonds. The van der Waals surface area contributed by atoms with E-state index >= 15 is 0 Å². The summed E-state index contributed by atoms with van der Waals surface area (Å²) in [5.41, 5.74) is 7.39. The van der Waals surface area contributed by atoms with E-state index in [1.165, 1.54) is 0 Å². The van der Waals surface area contributed by atoms with E-state index in [-0.39, 0.29) is 11.7 Å². The number of hydrogen-bond donors (Lipinski definition) is 1. The van der Waals surface area contributed by atoms with Crippen LogP contribution in [0.2, 0.25) is 0 Å². The summed E-state index contributed by atoms with van der Waals surface area (Å²) < 4.78 is 1.89. The average molecular weight is 407 g/mol. The lowest BCUT2D eigenvalue weighted by Crippen LogP contribution is -2.23. The van der Waals surface area contributed by atoms with E-state index in [1.807, 2.05) is 79.2 Å². The fraction of sp³-hybridized carbons (Fsp3) is 0.115. The maximum Gasteiger partial charge on any atom is 0.251 e. The summed E-state index contributed by atoms with van der Waals surface area (Å²) >= 11 is 0. The minimum Gasteiger partial charge on any atom is -0.348 e. The third-order valence-corrected chi connectivity index (χ3v) is 5.86. The van der Waals surface area contributed by atoms with E-state index in [9.17, 15) is 9.59 Å². The first-order valence-corrected chi connectivity index (χ1v) is 10.2. The highest BCUT2D eigenvalue weighted by atomic mass is 16.1. The van der Waals surface area contributed by atoms with Gasteiger partial charge in [0.25, 0.3) is 5.91 Å². The van der Waals surface area contributed by atoms with Crippen molar-refractivity contribution in [2.75, 3.05) is 0 Å². The number of ketones is 1. The van der Waals surface area contributed by atoms with Gasteiger partial charge in [0, 0.05) is 34.5 Å². The average Bonchev–Trinajstić information content (AvgIpc) is 3.26. The highest BCUT2D eigenvalue weighted by Gasteiger charge is 2.27. The van der Waals surface area contributed by atoms with Gasteiger partial charge >= 0.3 is 0 Å². The maximum absolute atomic E-state index is 12.8. The Bertz CT molecular complexity index is 1340. The van der Waals surface area contributed by atoms with E-state index < -0.39 is 0 Å². The van der Waals surface area contributed by atoms with Crippen LogP contribution >= 0.6 is 0 Å². The van der Waals surface area contributed by atoms with E-state index in [0.29, 0.717) is 23.2 Å². The van der Waals surface area contributed by atoms with Gasteiger partial charge in [-0.05, 0) is 49.2 Å². The molecule has 0 spiro atoms. The molecule has 3 aromatic carbocycles. The van der Waals surface area contributed by atoms with Gasteiger partial charge in [-0.2, -0.15) is 5.10 Å². The lowest BCUT2D eigenvalue weighted by molar-refractivity contribution is 0.0951. The Morgan fingerprint density at radius 3 is 2.32 bits per heavy atom. The molecule has 1 heterocycles. The number of carbonyl (C=O) groups is 2. The second-order valence-electron chi connectivity index (χ2n) is 7.71. The van der Waals surface area contributed by atoms with Crippen LogP contribution in [0.25, 0.3) is 16.8 Å². The Hall–Kier alpha value is -3.99. The van der Waals surface area contributed by atoms with Gasteiger partial charge in [-0.3, -0.25) is 9.59 Å². The number of nitrogens with one attached hydrogen (secondary N) is 1. The zero-order valence-electron chi connectivity index (χ0n) is 17.3. The summed E-state index contributed by atoms with van der Waals surface area (Å²) in [6.45, 7) is 4.31. The number of benzene rings is 3. The van der Waals surface area contributed by atoms with Gasteiger partial charge in [0.1, 0.15) is 0 Å². The predicted octanol–water partition coefficient (Wildman–Crippen LogP) is 4.63. The first-order chi connectivity index (χ1) is 15.0. The second kappa shape index (κ2) is 7.36. The molecule has 4 aromatic rings. The van der Waals surface area contributed by atoms with Crippen molar-refractivity contribution in [1.29, 1.82) is 0 Å². The van der Waals surface area contributed by atoms with E-state index in [4.69, 9.17) is 0 Å². The molecule has 0 bridgehead atoms. The molecule has 5 heteroatoms. The summed E-state index contributed by atoms with van der Waals surface area (Å²) in [6, 6.07) is 22.8. The van der Waals surface area contributed by atoms with Crippen molar-refractivity contribution in [1.82, 2.24) is 15.1 Å². The Balaban J connectivity index is 1.37. The monoisotopic (exact) mass is 407 g/mol. The molecular formula is C26H21N3O2. The lowest BCUT2D eigenvalue weighted by Gasteiger charge is -2.08. The molecule has 152 valence electrons. The van der Waals surface area contributed by atoms with Gasteiger partial charge in [-0.15, -0.1) is 0 Å². The Morgan fingerprint density at radius 2 is 1.55 bits per heavy atom. The summed E-state index contributed by atoms with van der Waals surface area (Å²) in [5.74, 6) is -0.242. The number of fused-ring (bicyclic) bond motifs is 3. The zero-order chi connectivity index (χ0) is 21.5. The minimum atomic E-state index is -0.210. The summed E-state index contributed by atoms with van der Waals surface area (Å²) in [7, 11) is 0. The number of nitrogens with zero attached hydrogens (tertiary/aromatic N) is 2. The van der Waals surface area contributed by atoms with Crippen LogP contribution in [0.1, 0.15) is 43.2 Å². The summed E-state index contributed by atoms with van der Waals surface area (Å²) in [6.07, 6.45) is 0. The molecule has 0 saturated heterocycles. The molecule has 0 radical (unpaired) electrons. The van der Waals surface area contributed by atoms with E-state index in [0.717, 1.165) is 33.8 Å². The third-order valence-electron chi connectivity index (χ3n) is 5.86. The highest BCUT2D eigenvalue weighted by Crippen LogP contribution is 2.36. The van der Waals surface area contributed by atoms with E-state index in [1.54, 1.807) is 12.1 Å². The fourth-order valence-electron chi connectivity index (χ4n) is 4.19. The van der Waals surface area contributed by atoms with Crippen molar-refractivity contribution >= 4 is 11.7 Å². The topological polar surface area (TPSA) is 64.0 Å². The smallest absolute Gasteiger partial charge is 0.251 e. The number of aromatic nitrogens is 2. The molecule has 5 nitrogen and oxygen atoms in total. The van der Waals surface area contributed by atoms with Crippen molar-refractivity contribution in [2.24, 2.45) is 0 Å². The minimum absolute atomic E-state index is 0.0314. The quantitative estimate of drug-likeness (QED) is 0.472. The number of rotatable bonds is 4. The Labute approximate surface area is 180 Å². The van der Waals surface area contributed by atoms with Crippen LogP contribution in [-0.4, -0.2) is 21.5 Å². The van der Waals surface area contributed by atoms with Crippen LogP contribution in [0.4, 0.5) is 0 Å². The Morgan fingerprint density at radius 1 is 0.871 bits per heavy atom. The fourth-order valence-corrected chi connectivity index (χ4v) is 4.19. The molecule has 1 N–H and O–H groups in total. The van der Waals surface area contributed by atoms with Crippen LogP contribution in [-0.2, 0) is 6.54 Å². The van der Waals surface area contributed by atoms with Crippen LogP contribution < -0.4 is 5.32 Å². The first-order valence-electron chi connectivity index (χ1n) is 10.2. The SMILES string of the molecule is Cc1nn(-c2ccccc2)c(C)c1CNC(=O)c1ccc2c(c1)C(=O)c1ccccc1-2.